The zero-order valence-electron chi connectivity index (χ0n) is 8.45. The van der Waals surface area contributed by atoms with Crippen molar-refractivity contribution in [3.05, 3.63) is 22.2 Å². The normalized spacial score (nSPS) is 9.81. The summed E-state index contributed by atoms with van der Waals surface area (Å²) in [6.07, 6.45) is 0. The van der Waals surface area contributed by atoms with Gasteiger partial charge in [0.25, 0.3) is 0 Å². The molecule has 8 heteroatoms. The van der Waals surface area contributed by atoms with E-state index in [0.29, 0.717) is 0 Å². The molecule has 0 bridgehead atoms. The van der Waals surface area contributed by atoms with Crippen molar-refractivity contribution in [2.24, 2.45) is 0 Å². The Morgan fingerprint density at radius 3 is 2.75 bits per heavy atom. The van der Waals surface area contributed by atoms with Gasteiger partial charge in [-0.3, -0.25) is 14.9 Å². The molecule has 0 fully saturated rings. The molecular weight excluding hydrogens is 216 g/mol. The fraction of sp³-hybridized carbons (Fsp3) is 0.250. The first kappa shape index (κ1) is 11.7. The number of anilines is 2. The maximum Gasteiger partial charge on any atom is 0.323 e. The Kier molecular flexibility index (Phi) is 3.24. The summed E-state index contributed by atoms with van der Waals surface area (Å²) in [6, 6.07) is 2.54. The van der Waals surface area contributed by atoms with E-state index in [0.717, 1.165) is 0 Å². The van der Waals surface area contributed by atoms with Crippen LogP contribution in [0.5, 0.6) is 0 Å². The number of nitrogens with zero attached hydrogens (tertiary/aromatic N) is 3. The highest BCUT2D eigenvalue weighted by atomic mass is 16.6. The number of nitro groups is 1. The number of hydrogen-bond acceptors (Lipinski definition) is 6. The first-order valence-corrected chi connectivity index (χ1v) is 4.25. The lowest BCUT2D eigenvalue weighted by atomic mass is 10.3. The van der Waals surface area contributed by atoms with Crippen molar-refractivity contribution >= 4 is 23.3 Å². The lowest BCUT2D eigenvalue weighted by Gasteiger charge is -2.15. The largest absolute Gasteiger partial charge is 0.480 e. The zero-order valence-corrected chi connectivity index (χ0v) is 8.45. The van der Waals surface area contributed by atoms with E-state index in [4.69, 9.17) is 10.8 Å². The number of aromatic nitrogens is 1. The van der Waals surface area contributed by atoms with Crippen LogP contribution in [0.4, 0.5) is 17.3 Å². The molecule has 0 unspecified atom stereocenters. The van der Waals surface area contributed by atoms with Crippen LogP contribution in [0.1, 0.15) is 0 Å². The van der Waals surface area contributed by atoms with Crippen LogP contribution in [0.25, 0.3) is 0 Å². The molecule has 0 amide bonds. The third-order valence-corrected chi connectivity index (χ3v) is 1.85. The molecule has 0 radical (unpaired) electrons. The quantitative estimate of drug-likeness (QED) is 0.550. The zero-order chi connectivity index (χ0) is 12.3. The van der Waals surface area contributed by atoms with Crippen molar-refractivity contribution in [2.75, 3.05) is 24.2 Å². The molecule has 8 nitrogen and oxygen atoms in total. The number of carbonyl (C=O) groups is 1. The molecule has 0 aliphatic rings. The highest BCUT2D eigenvalue weighted by molar-refractivity contribution is 5.73. The molecule has 0 saturated heterocycles. The van der Waals surface area contributed by atoms with Gasteiger partial charge in [0.2, 0.25) is 5.82 Å². The van der Waals surface area contributed by atoms with Gasteiger partial charge in [-0.15, -0.1) is 0 Å². The van der Waals surface area contributed by atoms with Crippen LogP contribution in [0.2, 0.25) is 0 Å². The van der Waals surface area contributed by atoms with Crippen LogP contribution >= 0.6 is 0 Å². The Bertz CT molecular complexity index is 434. The second-order valence-electron chi connectivity index (χ2n) is 3.08. The van der Waals surface area contributed by atoms with Gasteiger partial charge in [0, 0.05) is 13.1 Å². The minimum atomic E-state index is -1.03. The summed E-state index contributed by atoms with van der Waals surface area (Å²) in [5.41, 5.74) is 5.07. The number of nitrogens with two attached hydrogens (primary N) is 1. The lowest BCUT2D eigenvalue weighted by molar-refractivity contribution is -0.384. The summed E-state index contributed by atoms with van der Waals surface area (Å²) in [6.45, 7) is -0.260. The van der Waals surface area contributed by atoms with Crippen LogP contribution in [0, 0.1) is 10.1 Å². The van der Waals surface area contributed by atoms with Gasteiger partial charge in [0.15, 0.2) is 0 Å². The van der Waals surface area contributed by atoms with Gasteiger partial charge in [-0.1, -0.05) is 0 Å². The molecule has 0 aromatic carbocycles. The second-order valence-corrected chi connectivity index (χ2v) is 3.08. The van der Waals surface area contributed by atoms with Crippen LogP contribution in [0.15, 0.2) is 12.1 Å². The van der Waals surface area contributed by atoms with E-state index in [1.54, 1.807) is 0 Å². The SMILES string of the molecule is CN(CC(=O)O)c1ccc([N+](=O)[O-])c(N)n1. The van der Waals surface area contributed by atoms with Gasteiger partial charge in [-0.2, -0.15) is 0 Å². The van der Waals surface area contributed by atoms with E-state index in [9.17, 15) is 14.9 Å². The third-order valence-electron chi connectivity index (χ3n) is 1.85. The molecule has 0 saturated carbocycles. The minimum absolute atomic E-state index is 0.236. The van der Waals surface area contributed by atoms with Crippen LogP contribution in [0.3, 0.4) is 0 Å². The lowest BCUT2D eigenvalue weighted by Crippen LogP contribution is -2.26. The molecule has 16 heavy (non-hydrogen) atoms. The average Bonchev–Trinajstić information content (AvgIpc) is 2.15. The topological polar surface area (TPSA) is 123 Å². The Balaban J connectivity index is 2.96. The monoisotopic (exact) mass is 226 g/mol. The highest BCUT2D eigenvalue weighted by Crippen LogP contribution is 2.22. The van der Waals surface area contributed by atoms with Gasteiger partial charge >= 0.3 is 11.7 Å². The molecule has 86 valence electrons. The Morgan fingerprint density at radius 2 is 2.31 bits per heavy atom. The van der Waals surface area contributed by atoms with Crippen molar-refractivity contribution in [2.45, 2.75) is 0 Å². The van der Waals surface area contributed by atoms with Crippen molar-refractivity contribution in [3.8, 4) is 0 Å². The number of hydrogen-bond donors (Lipinski definition) is 2. The summed E-state index contributed by atoms with van der Waals surface area (Å²) in [4.78, 5) is 25.3. The molecule has 3 N–H and O–H groups in total. The maximum atomic E-state index is 10.5. The first-order chi connectivity index (χ1) is 7.41. The van der Waals surface area contributed by atoms with Gasteiger partial charge in [-0.25, -0.2) is 4.98 Å². The van der Waals surface area contributed by atoms with E-state index in [-0.39, 0.29) is 23.9 Å². The van der Waals surface area contributed by atoms with E-state index in [1.165, 1.54) is 24.1 Å². The molecule has 0 aliphatic heterocycles. The molecule has 1 aromatic heterocycles. The molecule has 1 heterocycles. The number of aliphatic carboxylic acids is 1. The standard InChI is InChI=1S/C8H10N4O4/c1-11(4-7(13)14)6-3-2-5(12(15)16)8(9)10-6/h2-3H,4H2,1H3,(H2,9,10)(H,13,14). The molecule has 0 atom stereocenters. The molecule has 1 rings (SSSR count). The summed E-state index contributed by atoms with van der Waals surface area (Å²) >= 11 is 0. The predicted molar refractivity (Wildman–Crippen MR) is 56.2 cm³/mol. The number of carboxylic acid groups (broad SMARTS) is 1. The van der Waals surface area contributed by atoms with Crippen molar-refractivity contribution in [1.29, 1.82) is 0 Å². The van der Waals surface area contributed by atoms with Crippen molar-refractivity contribution < 1.29 is 14.8 Å². The van der Waals surface area contributed by atoms with E-state index in [1.807, 2.05) is 0 Å². The van der Waals surface area contributed by atoms with Gasteiger partial charge in [0.1, 0.15) is 12.4 Å². The molecule has 1 aromatic rings. The maximum absolute atomic E-state index is 10.5. The fourth-order valence-electron chi connectivity index (χ4n) is 1.11. The van der Waals surface area contributed by atoms with Crippen molar-refractivity contribution in [1.82, 2.24) is 4.98 Å². The second kappa shape index (κ2) is 4.43. The Morgan fingerprint density at radius 1 is 1.69 bits per heavy atom. The van der Waals surface area contributed by atoms with E-state index in [2.05, 4.69) is 4.98 Å². The number of likely N-dealkylation sites (N-methyl/N-ethyl adjacent to an activating group) is 1. The van der Waals surface area contributed by atoms with Gasteiger partial charge < -0.3 is 15.7 Å². The fourth-order valence-corrected chi connectivity index (χ4v) is 1.11. The van der Waals surface area contributed by atoms with Crippen LogP contribution in [-0.4, -0.2) is 34.6 Å². The number of nitrogen functional groups attached to an aromatic ring is 1. The number of rotatable bonds is 4. The number of carboxylic acids is 1. The van der Waals surface area contributed by atoms with E-state index < -0.39 is 10.9 Å². The van der Waals surface area contributed by atoms with Crippen LogP contribution < -0.4 is 10.6 Å². The molecular formula is C8H10N4O4. The minimum Gasteiger partial charge on any atom is -0.480 e. The summed E-state index contributed by atoms with van der Waals surface area (Å²) in [7, 11) is 1.50. The van der Waals surface area contributed by atoms with Gasteiger partial charge in [0.05, 0.1) is 4.92 Å². The van der Waals surface area contributed by atoms with Gasteiger partial charge in [-0.05, 0) is 6.07 Å². The van der Waals surface area contributed by atoms with E-state index >= 15 is 0 Å². The predicted octanol–water partition coefficient (Wildman–Crippen LogP) is 0.0928. The van der Waals surface area contributed by atoms with Crippen LogP contribution in [-0.2, 0) is 4.79 Å². The smallest absolute Gasteiger partial charge is 0.323 e. The highest BCUT2D eigenvalue weighted by Gasteiger charge is 2.15. The summed E-state index contributed by atoms with van der Waals surface area (Å²) in [5.74, 6) is -0.994. The third kappa shape index (κ3) is 2.56. The summed E-state index contributed by atoms with van der Waals surface area (Å²) in [5, 5.41) is 19.0. The molecule has 0 spiro atoms. The van der Waals surface area contributed by atoms with Crippen molar-refractivity contribution in [3.63, 3.8) is 0 Å². The first-order valence-electron chi connectivity index (χ1n) is 4.25. The average molecular weight is 226 g/mol. The Hall–Kier alpha value is -2.38. The molecule has 0 aliphatic carbocycles. The summed E-state index contributed by atoms with van der Waals surface area (Å²) < 4.78 is 0. The number of pyridine rings is 1. The Labute approximate surface area is 90.5 Å².